The van der Waals surface area contributed by atoms with Crippen molar-refractivity contribution in [1.29, 1.82) is 0 Å². The molecule has 1 N–H and O–H groups in total. The molecule has 1 unspecified atom stereocenters. The van der Waals surface area contributed by atoms with Gasteiger partial charge in [0.15, 0.2) is 0 Å². The zero-order chi connectivity index (χ0) is 15.1. The first-order valence-electron chi connectivity index (χ1n) is 7.40. The van der Waals surface area contributed by atoms with Gasteiger partial charge in [-0.2, -0.15) is 0 Å². The Bertz CT molecular complexity index is 316. The van der Waals surface area contributed by atoms with Gasteiger partial charge in [-0.15, -0.1) is 0 Å². The molecule has 114 valence electrons. The summed E-state index contributed by atoms with van der Waals surface area (Å²) in [4.78, 5) is 10.9. The van der Waals surface area contributed by atoms with E-state index >= 15 is 0 Å². The van der Waals surface area contributed by atoms with Crippen molar-refractivity contribution in [2.75, 3.05) is 7.11 Å². The standard InChI is InChI=1S/C17H28O3/c1-3-4-5-6-7-10-13-16(18)14-11-8-9-12-15-17(19)20-2/h3-4,6-7,10,13,16,18H,5,8-9,11-12,14-15H2,1-2H3. The van der Waals surface area contributed by atoms with E-state index in [1.54, 1.807) is 0 Å². The van der Waals surface area contributed by atoms with Crippen molar-refractivity contribution in [2.45, 2.75) is 58.0 Å². The quantitative estimate of drug-likeness (QED) is 0.270. The molecule has 0 saturated carbocycles. The van der Waals surface area contributed by atoms with Gasteiger partial charge < -0.3 is 9.84 Å². The summed E-state index contributed by atoms with van der Waals surface area (Å²) < 4.78 is 4.58. The molecular weight excluding hydrogens is 252 g/mol. The highest BCUT2D eigenvalue weighted by Gasteiger charge is 2.01. The fraction of sp³-hybridized carbons (Fsp3) is 0.588. The van der Waals surface area contributed by atoms with E-state index in [4.69, 9.17) is 0 Å². The second kappa shape index (κ2) is 14.1. The zero-order valence-corrected chi connectivity index (χ0v) is 12.8. The summed E-state index contributed by atoms with van der Waals surface area (Å²) in [5.74, 6) is -0.141. The molecule has 1 atom stereocenters. The van der Waals surface area contributed by atoms with Gasteiger partial charge in [0, 0.05) is 6.42 Å². The minimum absolute atomic E-state index is 0.141. The van der Waals surface area contributed by atoms with Crippen molar-refractivity contribution in [2.24, 2.45) is 0 Å². The van der Waals surface area contributed by atoms with E-state index in [1.807, 2.05) is 31.2 Å². The van der Waals surface area contributed by atoms with Gasteiger partial charge in [-0.3, -0.25) is 4.79 Å². The number of ether oxygens (including phenoxy) is 1. The van der Waals surface area contributed by atoms with Gasteiger partial charge in [-0.05, 0) is 26.2 Å². The molecule has 0 spiro atoms. The third-order valence-electron chi connectivity index (χ3n) is 2.95. The van der Waals surface area contributed by atoms with Crippen molar-refractivity contribution < 1.29 is 14.6 Å². The molecule has 3 nitrogen and oxygen atoms in total. The average Bonchev–Trinajstić information content (AvgIpc) is 2.46. The number of unbranched alkanes of at least 4 members (excludes halogenated alkanes) is 3. The average molecular weight is 280 g/mol. The van der Waals surface area contributed by atoms with Crippen molar-refractivity contribution in [3.05, 3.63) is 36.5 Å². The number of aliphatic hydroxyl groups is 1. The van der Waals surface area contributed by atoms with Crippen LogP contribution in [0.2, 0.25) is 0 Å². The van der Waals surface area contributed by atoms with Crippen molar-refractivity contribution in [3.8, 4) is 0 Å². The van der Waals surface area contributed by atoms with Crippen molar-refractivity contribution >= 4 is 5.97 Å². The molecule has 0 bridgehead atoms. The van der Waals surface area contributed by atoms with Crippen LogP contribution in [0.3, 0.4) is 0 Å². The van der Waals surface area contributed by atoms with E-state index in [2.05, 4.69) is 16.9 Å². The van der Waals surface area contributed by atoms with Crippen LogP contribution in [0, 0.1) is 0 Å². The summed E-state index contributed by atoms with van der Waals surface area (Å²) in [6.45, 7) is 2.00. The molecular formula is C17H28O3. The summed E-state index contributed by atoms with van der Waals surface area (Å²) in [6, 6.07) is 0. The third-order valence-corrected chi connectivity index (χ3v) is 2.95. The number of esters is 1. The maximum atomic E-state index is 10.9. The van der Waals surface area contributed by atoms with Gasteiger partial charge in [0.2, 0.25) is 0 Å². The molecule has 0 fully saturated rings. The largest absolute Gasteiger partial charge is 0.469 e. The molecule has 0 aromatic carbocycles. The van der Waals surface area contributed by atoms with Crippen LogP contribution in [0.15, 0.2) is 36.5 Å². The van der Waals surface area contributed by atoms with Crippen LogP contribution in [-0.4, -0.2) is 24.3 Å². The van der Waals surface area contributed by atoms with Crippen LogP contribution in [0.4, 0.5) is 0 Å². The first-order chi connectivity index (χ1) is 9.70. The number of carbonyl (C=O) groups is 1. The molecule has 0 saturated heterocycles. The third kappa shape index (κ3) is 13.1. The number of allylic oxidation sites excluding steroid dienone is 5. The Kier molecular flexibility index (Phi) is 13.1. The Morgan fingerprint density at radius 2 is 1.90 bits per heavy atom. The maximum absolute atomic E-state index is 10.9. The fourth-order valence-electron chi connectivity index (χ4n) is 1.74. The van der Waals surface area contributed by atoms with Crippen molar-refractivity contribution in [3.63, 3.8) is 0 Å². The van der Waals surface area contributed by atoms with Crippen molar-refractivity contribution in [1.82, 2.24) is 0 Å². The number of carbonyl (C=O) groups excluding carboxylic acids is 1. The van der Waals surface area contributed by atoms with Gasteiger partial charge in [-0.25, -0.2) is 0 Å². The van der Waals surface area contributed by atoms with Gasteiger partial charge >= 0.3 is 5.97 Å². The van der Waals surface area contributed by atoms with E-state index in [0.717, 1.165) is 38.5 Å². The second-order valence-electron chi connectivity index (χ2n) is 4.71. The Morgan fingerprint density at radius 1 is 1.15 bits per heavy atom. The number of rotatable bonds is 11. The van der Waals surface area contributed by atoms with Gasteiger partial charge in [0.25, 0.3) is 0 Å². The molecule has 0 aliphatic heterocycles. The highest BCUT2D eigenvalue weighted by atomic mass is 16.5. The van der Waals surface area contributed by atoms with Gasteiger partial charge in [-0.1, -0.05) is 55.7 Å². The highest BCUT2D eigenvalue weighted by molar-refractivity contribution is 5.68. The lowest BCUT2D eigenvalue weighted by atomic mass is 10.1. The first kappa shape index (κ1) is 18.7. The summed E-state index contributed by atoms with van der Waals surface area (Å²) in [5, 5.41) is 9.73. The van der Waals surface area contributed by atoms with Crippen LogP contribution in [0.5, 0.6) is 0 Å². The highest BCUT2D eigenvalue weighted by Crippen LogP contribution is 2.08. The van der Waals surface area contributed by atoms with E-state index in [9.17, 15) is 9.90 Å². The topological polar surface area (TPSA) is 46.5 Å². The molecule has 0 aromatic heterocycles. The Morgan fingerprint density at radius 3 is 2.60 bits per heavy atom. The molecule has 3 heteroatoms. The van der Waals surface area contributed by atoms with Crippen LogP contribution in [0.25, 0.3) is 0 Å². The number of hydrogen-bond acceptors (Lipinski definition) is 3. The fourth-order valence-corrected chi connectivity index (χ4v) is 1.74. The minimum atomic E-state index is -0.373. The van der Waals surface area contributed by atoms with E-state index in [1.165, 1.54) is 7.11 Å². The molecule has 20 heavy (non-hydrogen) atoms. The lowest BCUT2D eigenvalue weighted by Gasteiger charge is -2.04. The van der Waals surface area contributed by atoms with Crippen LogP contribution in [0.1, 0.15) is 51.9 Å². The van der Waals surface area contributed by atoms with E-state index in [-0.39, 0.29) is 12.1 Å². The molecule has 0 aliphatic rings. The lowest BCUT2D eigenvalue weighted by Crippen LogP contribution is -2.02. The van der Waals surface area contributed by atoms with Gasteiger partial charge in [0.1, 0.15) is 0 Å². The maximum Gasteiger partial charge on any atom is 0.305 e. The van der Waals surface area contributed by atoms with E-state index in [0.29, 0.717) is 6.42 Å². The normalized spacial score (nSPS) is 13.6. The monoisotopic (exact) mass is 280 g/mol. The van der Waals surface area contributed by atoms with Crippen LogP contribution >= 0.6 is 0 Å². The Labute approximate surface area is 123 Å². The summed E-state index contributed by atoms with van der Waals surface area (Å²) in [6.07, 6.45) is 17.5. The number of aliphatic hydroxyl groups excluding tert-OH is 1. The summed E-state index contributed by atoms with van der Waals surface area (Å²) >= 11 is 0. The molecule has 0 heterocycles. The van der Waals surface area contributed by atoms with Gasteiger partial charge in [0.05, 0.1) is 13.2 Å². The summed E-state index contributed by atoms with van der Waals surface area (Å²) in [5.41, 5.74) is 0. The van der Waals surface area contributed by atoms with Crippen LogP contribution in [-0.2, 0) is 9.53 Å². The number of methoxy groups -OCH3 is 1. The SMILES string of the molecule is CC=CCC=CC=CC(O)CCCCCCC(=O)OC. The first-order valence-corrected chi connectivity index (χ1v) is 7.40. The Hall–Kier alpha value is -1.35. The molecule has 0 radical (unpaired) electrons. The number of hydrogen-bond donors (Lipinski definition) is 1. The zero-order valence-electron chi connectivity index (χ0n) is 12.8. The molecule has 0 amide bonds. The predicted molar refractivity (Wildman–Crippen MR) is 83.4 cm³/mol. The molecule has 0 rings (SSSR count). The molecule has 0 aromatic rings. The predicted octanol–water partition coefficient (Wildman–Crippen LogP) is 3.94. The van der Waals surface area contributed by atoms with Crippen LogP contribution < -0.4 is 0 Å². The summed E-state index contributed by atoms with van der Waals surface area (Å²) in [7, 11) is 1.41. The smallest absolute Gasteiger partial charge is 0.305 e. The van der Waals surface area contributed by atoms with E-state index < -0.39 is 0 Å². The second-order valence-corrected chi connectivity index (χ2v) is 4.71. The minimum Gasteiger partial charge on any atom is -0.469 e. The Balaban J connectivity index is 3.48. The lowest BCUT2D eigenvalue weighted by molar-refractivity contribution is -0.140. The molecule has 0 aliphatic carbocycles.